The molecule has 3 aromatic heterocycles. The van der Waals surface area contributed by atoms with E-state index >= 15 is 0 Å². The van der Waals surface area contributed by atoms with Gasteiger partial charge in [-0.05, 0) is 34.5 Å². The van der Waals surface area contributed by atoms with E-state index in [-0.39, 0.29) is 22.9 Å². The average Bonchev–Trinajstić information content (AvgIpc) is 3.55. The molecule has 6 aromatic rings. The molecule has 0 radical (unpaired) electrons. The SMILES string of the molecule is O=C(Nc1ccn(Cc2ccccc2Cl)n1)c1cc2nc(-c3ccc4ccccc4c3)cc(C(F)(F)F)n2n1. The van der Waals surface area contributed by atoms with E-state index in [0.29, 0.717) is 21.6 Å². The lowest BCUT2D eigenvalue weighted by atomic mass is 10.0. The Morgan fingerprint density at radius 2 is 1.67 bits per heavy atom. The Balaban J connectivity index is 1.31. The van der Waals surface area contributed by atoms with Crippen LogP contribution in [0.2, 0.25) is 5.02 Å². The lowest BCUT2D eigenvalue weighted by Crippen LogP contribution is -2.16. The van der Waals surface area contributed by atoms with Crippen molar-refractivity contribution in [3.05, 3.63) is 113 Å². The summed E-state index contributed by atoms with van der Waals surface area (Å²) in [6.07, 6.45) is -3.08. The van der Waals surface area contributed by atoms with Crippen LogP contribution in [0.4, 0.5) is 19.0 Å². The summed E-state index contributed by atoms with van der Waals surface area (Å²) in [5, 5.41) is 13.2. The summed E-state index contributed by atoms with van der Waals surface area (Å²) in [6.45, 7) is 0.375. The number of nitrogens with zero attached hydrogens (tertiary/aromatic N) is 5. The Morgan fingerprint density at radius 3 is 2.46 bits per heavy atom. The number of hydrogen-bond acceptors (Lipinski definition) is 4. The van der Waals surface area contributed by atoms with Crippen molar-refractivity contribution in [2.75, 3.05) is 5.32 Å². The van der Waals surface area contributed by atoms with Crippen LogP contribution in [0.3, 0.4) is 0 Å². The second kappa shape index (κ2) is 9.55. The van der Waals surface area contributed by atoms with Gasteiger partial charge < -0.3 is 5.32 Å². The predicted molar refractivity (Wildman–Crippen MR) is 142 cm³/mol. The molecule has 7 nitrogen and oxygen atoms in total. The van der Waals surface area contributed by atoms with E-state index in [1.165, 1.54) is 6.07 Å². The van der Waals surface area contributed by atoms with Crippen LogP contribution in [0.1, 0.15) is 21.7 Å². The molecule has 0 spiro atoms. The Morgan fingerprint density at radius 1 is 0.897 bits per heavy atom. The molecule has 0 aliphatic rings. The molecule has 0 aliphatic carbocycles. The minimum atomic E-state index is -4.73. The van der Waals surface area contributed by atoms with Crippen molar-refractivity contribution >= 4 is 39.7 Å². The molecule has 39 heavy (non-hydrogen) atoms. The van der Waals surface area contributed by atoms with Crippen LogP contribution in [0.5, 0.6) is 0 Å². The van der Waals surface area contributed by atoms with E-state index in [1.54, 1.807) is 35.1 Å². The maximum atomic E-state index is 14.0. The number of hydrogen-bond donors (Lipinski definition) is 1. The standard InChI is InChI=1S/C28H18ClF3N6O/c29-21-8-4-3-7-20(21)16-37-12-11-25(36-37)34-27(39)23-15-26-33-22(14-24(28(30,31)32)38(26)35-23)19-10-9-17-5-1-2-6-18(17)13-19/h1-15H,16H2,(H,34,36,39). The number of rotatable bonds is 5. The summed E-state index contributed by atoms with van der Waals surface area (Å²) in [6, 6.07) is 23.9. The molecular weight excluding hydrogens is 529 g/mol. The first kappa shape index (κ1) is 24.6. The molecule has 3 heterocycles. The van der Waals surface area contributed by atoms with Crippen LogP contribution in [-0.2, 0) is 12.7 Å². The van der Waals surface area contributed by atoms with Crippen LogP contribution in [0, 0.1) is 0 Å². The maximum Gasteiger partial charge on any atom is 0.433 e. The van der Waals surface area contributed by atoms with E-state index in [2.05, 4.69) is 20.5 Å². The van der Waals surface area contributed by atoms with Gasteiger partial charge in [0.15, 0.2) is 22.9 Å². The fourth-order valence-corrected chi connectivity index (χ4v) is 4.48. The van der Waals surface area contributed by atoms with Gasteiger partial charge in [0.2, 0.25) is 0 Å². The van der Waals surface area contributed by atoms with Gasteiger partial charge in [-0.1, -0.05) is 66.2 Å². The van der Waals surface area contributed by atoms with Crippen molar-refractivity contribution < 1.29 is 18.0 Å². The third-order valence-electron chi connectivity index (χ3n) is 6.17. The molecule has 0 saturated carbocycles. The zero-order chi connectivity index (χ0) is 27.1. The largest absolute Gasteiger partial charge is 0.433 e. The third-order valence-corrected chi connectivity index (χ3v) is 6.54. The molecule has 1 amide bonds. The zero-order valence-corrected chi connectivity index (χ0v) is 20.8. The number of fused-ring (bicyclic) bond motifs is 2. The molecule has 0 fully saturated rings. The van der Waals surface area contributed by atoms with Gasteiger partial charge in [-0.2, -0.15) is 23.4 Å². The van der Waals surface area contributed by atoms with Crippen LogP contribution in [-0.4, -0.2) is 30.3 Å². The number of benzene rings is 3. The zero-order valence-electron chi connectivity index (χ0n) is 20.0. The first-order chi connectivity index (χ1) is 18.7. The minimum absolute atomic E-state index is 0.109. The molecule has 11 heteroatoms. The van der Waals surface area contributed by atoms with Crippen molar-refractivity contribution in [1.82, 2.24) is 24.4 Å². The van der Waals surface area contributed by atoms with Crippen LogP contribution in [0.15, 0.2) is 91.1 Å². The average molecular weight is 547 g/mol. The quantitative estimate of drug-likeness (QED) is 0.260. The van der Waals surface area contributed by atoms with Gasteiger partial charge in [0, 0.05) is 28.9 Å². The second-order valence-corrected chi connectivity index (χ2v) is 9.24. The molecule has 0 bridgehead atoms. The highest BCUT2D eigenvalue weighted by Gasteiger charge is 2.35. The first-order valence-corrected chi connectivity index (χ1v) is 12.2. The number of carbonyl (C=O) groups is 1. The molecule has 6 rings (SSSR count). The highest BCUT2D eigenvalue weighted by atomic mass is 35.5. The Kier molecular flexibility index (Phi) is 6.03. The number of halogens is 4. The van der Waals surface area contributed by atoms with E-state index in [4.69, 9.17) is 11.6 Å². The smallest absolute Gasteiger partial charge is 0.304 e. The molecule has 3 aromatic carbocycles. The number of amides is 1. The summed E-state index contributed by atoms with van der Waals surface area (Å²) in [5.74, 6) is -0.506. The minimum Gasteiger partial charge on any atom is -0.304 e. The fraction of sp³-hybridized carbons (Fsp3) is 0.0714. The molecule has 0 saturated heterocycles. The van der Waals surface area contributed by atoms with Gasteiger partial charge in [0.1, 0.15) is 0 Å². The highest BCUT2D eigenvalue weighted by molar-refractivity contribution is 6.31. The monoisotopic (exact) mass is 546 g/mol. The molecule has 194 valence electrons. The first-order valence-electron chi connectivity index (χ1n) is 11.8. The van der Waals surface area contributed by atoms with E-state index in [1.807, 2.05) is 48.5 Å². The van der Waals surface area contributed by atoms with Gasteiger partial charge in [-0.25, -0.2) is 9.50 Å². The topological polar surface area (TPSA) is 77.1 Å². The molecule has 1 N–H and O–H groups in total. The summed E-state index contributed by atoms with van der Waals surface area (Å²) in [5.41, 5.74) is 0.0857. The van der Waals surface area contributed by atoms with Gasteiger partial charge in [0.05, 0.1) is 12.2 Å². The Bertz CT molecular complexity index is 1860. The summed E-state index contributed by atoms with van der Waals surface area (Å²) in [4.78, 5) is 17.3. The van der Waals surface area contributed by atoms with Gasteiger partial charge >= 0.3 is 6.18 Å². The number of aromatic nitrogens is 5. The van der Waals surface area contributed by atoms with Crippen LogP contribution >= 0.6 is 11.6 Å². The van der Waals surface area contributed by atoms with Crippen LogP contribution < -0.4 is 5.32 Å². The molecular formula is C28H18ClF3N6O. The number of nitrogens with one attached hydrogen (secondary N) is 1. The lowest BCUT2D eigenvalue weighted by Gasteiger charge is -2.11. The number of alkyl halides is 3. The molecule has 0 unspecified atom stereocenters. The van der Waals surface area contributed by atoms with Gasteiger partial charge in [-0.15, -0.1) is 0 Å². The van der Waals surface area contributed by atoms with E-state index < -0.39 is 17.8 Å². The van der Waals surface area contributed by atoms with Crippen LogP contribution in [0.25, 0.3) is 27.7 Å². The van der Waals surface area contributed by atoms with Crippen molar-refractivity contribution in [3.63, 3.8) is 0 Å². The van der Waals surface area contributed by atoms with E-state index in [0.717, 1.165) is 22.4 Å². The normalized spacial score (nSPS) is 11.8. The summed E-state index contributed by atoms with van der Waals surface area (Å²) >= 11 is 6.20. The summed E-state index contributed by atoms with van der Waals surface area (Å²) in [7, 11) is 0. The lowest BCUT2D eigenvalue weighted by molar-refractivity contribution is -0.142. The second-order valence-electron chi connectivity index (χ2n) is 8.83. The Labute approximate surface area is 224 Å². The number of carbonyl (C=O) groups excluding carboxylic acids is 1. The number of anilines is 1. The molecule has 0 aliphatic heterocycles. The van der Waals surface area contributed by atoms with Crippen molar-refractivity contribution in [1.29, 1.82) is 0 Å². The Hall–Kier alpha value is -4.70. The van der Waals surface area contributed by atoms with Crippen molar-refractivity contribution in [2.45, 2.75) is 12.7 Å². The molecule has 0 atom stereocenters. The highest BCUT2D eigenvalue weighted by Crippen LogP contribution is 2.33. The van der Waals surface area contributed by atoms with Gasteiger partial charge in [0.25, 0.3) is 5.91 Å². The van der Waals surface area contributed by atoms with E-state index in [9.17, 15) is 18.0 Å². The van der Waals surface area contributed by atoms with Crippen molar-refractivity contribution in [2.24, 2.45) is 0 Å². The maximum absolute atomic E-state index is 14.0. The van der Waals surface area contributed by atoms with Crippen molar-refractivity contribution in [3.8, 4) is 11.3 Å². The van der Waals surface area contributed by atoms with Gasteiger partial charge in [-0.3, -0.25) is 9.48 Å². The predicted octanol–water partition coefficient (Wildman–Crippen LogP) is 6.72. The fourth-order valence-electron chi connectivity index (χ4n) is 4.28. The summed E-state index contributed by atoms with van der Waals surface area (Å²) < 4.78 is 44.3. The third kappa shape index (κ3) is 4.94.